The minimum atomic E-state index is 1.12. The SMILES string of the molecule is c1ccc(N(c2ccc3c(c2)-c2c4ccccc4cc4cccc-3c24)c2ccc3c4ccccc4n(-c4ccccc4)c3c2)cc1. The molecule has 2 heteroatoms. The minimum Gasteiger partial charge on any atom is -0.310 e. The van der Waals surface area contributed by atoms with Crippen LogP contribution in [0.15, 0.2) is 170 Å². The lowest BCUT2D eigenvalue weighted by molar-refractivity contribution is 1.18. The Bertz CT molecular complexity index is 2630. The van der Waals surface area contributed by atoms with Crippen molar-refractivity contribution in [2.45, 2.75) is 0 Å². The molecule has 0 fully saturated rings. The fraction of sp³-hybridized carbons (Fsp3) is 0. The monoisotopic (exact) mass is 584 g/mol. The predicted octanol–water partition coefficient (Wildman–Crippen LogP) is 12.2. The van der Waals surface area contributed by atoms with Gasteiger partial charge in [0.25, 0.3) is 0 Å². The quantitative estimate of drug-likeness (QED) is 0.187. The van der Waals surface area contributed by atoms with Gasteiger partial charge in [0.05, 0.1) is 11.0 Å². The summed E-state index contributed by atoms with van der Waals surface area (Å²) >= 11 is 0. The Kier molecular flexibility index (Phi) is 5.31. The Morgan fingerprint density at radius 2 is 1.04 bits per heavy atom. The second-order valence-electron chi connectivity index (χ2n) is 12.2. The summed E-state index contributed by atoms with van der Waals surface area (Å²) in [6.07, 6.45) is 0. The molecule has 0 saturated heterocycles. The maximum atomic E-state index is 2.40. The second-order valence-corrected chi connectivity index (χ2v) is 12.2. The van der Waals surface area contributed by atoms with Crippen LogP contribution in [0, 0.1) is 0 Å². The van der Waals surface area contributed by atoms with E-state index >= 15 is 0 Å². The van der Waals surface area contributed by atoms with Gasteiger partial charge in [0, 0.05) is 33.5 Å². The number of fused-ring (bicyclic) bond motifs is 8. The predicted molar refractivity (Wildman–Crippen MR) is 195 cm³/mol. The van der Waals surface area contributed by atoms with Crippen molar-refractivity contribution in [3.63, 3.8) is 0 Å². The molecule has 1 aliphatic rings. The fourth-order valence-corrected chi connectivity index (χ4v) is 7.72. The summed E-state index contributed by atoms with van der Waals surface area (Å²) in [5, 5.41) is 7.74. The molecule has 0 unspecified atom stereocenters. The van der Waals surface area contributed by atoms with Gasteiger partial charge < -0.3 is 9.47 Å². The van der Waals surface area contributed by atoms with Crippen LogP contribution in [0.2, 0.25) is 0 Å². The van der Waals surface area contributed by atoms with E-state index in [4.69, 9.17) is 0 Å². The lowest BCUT2D eigenvalue weighted by Gasteiger charge is -2.26. The van der Waals surface area contributed by atoms with Crippen molar-refractivity contribution in [1.82, 2.24) is 4.57 Å². The molecule has 214 valence electrons. The standard InChI is InChI=1S/C44H28N2/c1-3-14-31(15-4-1)45(34-23-25-38-37-19-9-10-21-41(37)46(42(38)28-34)32-16-5-2-6-17-32)33-22-24-36-39-20-11-13-30-26-29-12-7-8-18-35(29)44(43(30)39)40(36)27-33/h1-28H. The zero-order chi connectivity index (χ0) is 30.2. The third-order valence-corrected chi connectivity index (χ3v) is 9.65. The van der Waals surface area contributed by atoms with Crippen LogP contribution in [0.25, 0.3) is 71.3 Å². The van der Waals surface area contributed by atoms with Gasteiger partial charge in [0.2, 0.25) is 0 Å². The molecule has 1 aliphatic carbocycles. The summed E-state index contributed by atoms with van der Waals surface area (Å²) in [4.78, 5) is 2.40. The Hall–Kier alpha value is -6.12. The van der Waals surface area contributed by atoms with Gasteiger partial charge in [-0.05, 0) is 104 Å². The smallest absolute Gasteiger partial charge is 0.0561 e. The van der Waals surface area contributed by atoms with Gasteiger partial charge in [0.15, 0.2) is 0 Å². The highest BCUT2D eigenvalue weighted by Gasteiger charge is 2.25. The molecule has 0 aliphatic heterocycles. The van der Waals surface area contributed by atoms with Crippen molar-refractivity contribution in [3.8, 4) is 27.9 Å². The average molecular weight is 585 g/mol. The van der Waals surface area contributed by atoms with E-state index < -0.39 is 0 Å². The molecule has 0 bridgehead atoms. The lowest BCUT2D eigenvalue weighted by atomic mass is 9.95. The number of hydrogen-bond acceptors (Lipinski definition) is 1. The number of hydrogen-bond donors (Lipinski definition) is 0. The summed E-state index contributed by atoms with van der Waals surface area (Å²) in [5.74, 6) is 0. The lowest BCUT2D eigenvalue weighted by Crippen LogP contribution is -2.10. The number of benzene rings is 8. The first kappa shape index (κ1) is 25.2. The highest BCUT2D eigenvalue weighted by atomic mass is 15.1. The molecule has 1 heterocycles. The highest BCUT2D eigenvalue weighted by Crippen LogP contribution is 2.52. The van der Waals surface area contributed by atoms with Gasteiger partial charge in [0.1, 0.15) is 0 Å². The van der Waals surface area contributed by atoms with Crippen molar-refractivity contribution in [3.05, 3.63) is 170 Å². The number of aromatic nitrogens is 1. The minimum absolute atomic E-state index is 1.12. The van der Waals surface area contributed by atoms with Crippen molar-refractivity contribution < 1.29 is 0 Å². The van der Waals surface area contributed by atoms with Crippen molar-refractivity contribution in [2.75, 3.05) is 4.90 Å². The van der Waals surface area contributed by atoms with Gasteiger partial charge in [-0.3, -0.25) is 0 Å². The topological polar surface area (TPSA) is 8.17 Å². The Labute approximate surface area is 267 Å². The highest BCUT2D eigenvalue weighted by molar-refractivity contribution is 6.24. The maximum absolute atomic E-state index is 2.40. The van der Waals surface area contributed by atoms with E-state index in [0.717, 1.165) is 22.7 Å². The molecule has 0 amide bonds. The van der Waals surface area contributed by atoms with Crippen LogP contribution in [0.5, 0.6) is 0 Å². The first-order chi connectivity index (χ1) is 22.8. The van der Waals surface area contributed by atoms with E-state index in [1.165, 1.54) is 65.6 Å². The van der Waals surface area contributed by atoms with Crippen molar-refractivity contribution in [2.24, 2.45) is 0 Å². The molecule has 2 nitrogen and oxygen atoms in total. The molecular formula is C44H28N2. The van der Waals surface area contributed by atoms with Crippen LogP contribution in [-0.2, 0) is 0 Å². The third-order valence-electron chi connectivity index (χ3n) is 9.65. The van der Waals surface area contributed by atoms with Gasteiger partial charge in [-0.2, -0.15) is 0 Å². The van der Waals surface area contributed by atoms with Gasteiger partial charge >= 0.3 is 0 Å². The molecule has 0 atom stereocenters. The van der Waals surface area contributed by atoms with Crippen LogP contribution in [0.4, 0.5) is 17.1 Å². The number of rotatable bonds is 4. The Morgan fingerprint density at radius 1 is 0.370 bits per heavy atom. The normalized spacial score (nSPS) is 11.9. The summed E-state index contributed by atoms with van der Waals surface area (Å²) in [5.41, 5.74) is 12.2. The molecule has 9 aromatic rings. The van der Waals surface area contributed by atoms with E-state index in [2.05, 4.69) is 179 Å². The van der Waals surface area contributed by atoms with Crippen LogP contribution in [0.1, 0.15) is 0 Å². The number of anilines is 3. The molecule has 8 aromatic carbocycles. The zero-order valence-electron chi connectivity index (χ0n) is 25.1. The summed E-state index contributed by atoms with van der Waals surface area (Å²) in [7, 11) is 0. The zero-order valence-corrected chi connectivity index (χ0v) is 25.1. The first-order valence-electron chi connectivity index (χ1n) is 15.9. The van der Waals surface area contributed by atoms with E-state index in [1.54, 1.807) is 0 Å². The van der Waals surface area contributed by atoms with Gasteiger partial charge in [-0.1, -0.05) is 109 Å². The van der Waals surface area contributed by atoms with Crippen LogP contribution in [0.3, 0.4) is 0 Å². The molecule has 46 heavy (non-hydrogen) atoms. The second kappa shape index (κ2) is 9.69. The van der Waals surface area contributed by atoms with E-state index in [1.807, 2.05) is 0 Å². The van der Waals surface area contributed by atoms with Crippen LogP contribution in [-0.4, -0.2) is 4.57 Å². The van der Waals surface area contributed by atoms with Gasteiger partial charge in [-0.25, -0.2) is 0 Å². The third kappa shape index (κ3) is 3.59. The fourth-order valence-electron chi connectivity index (χ4n) is 7.72. The Morgan fingerprint density at radius 3 is 1.91 bits per heavy atom. The van der Waals surface area contributed by atoms with E-state index in [9.17, 15) is 0 Å². The number of nitrogens with zero attached hydrogens (tertiary/aromatic N) is 2. The molecule has 1 aromatic heterocycles. The summed E-state index contributed by atoms with van der Waals surface area (Å²) < 4.78 is 2.39. The molecule has 0 spiro atoms. The summed E-state index contributed by atoms with van der Waals surface area (Å²) in [6.45, 7) is 0. The van der Waals surface area contributed by atoms with Crippen molar-refractivity contribution >= 4 is 60.4 Å². The molecule has 0 radical (unpaired) electrons. The molecular weight excluding hydrogens is 556 g/mol. The molecule has 0 saturated carbocycles. The van der Waals surface area contributed by atoms with Crippen molar-refractivity contribution in [1.29, 1.82) is 0 Å². The Balaban J connectivity index is 1.23. The average Bonchev–Trinajstić information content (AvgIpc) is 3.63. The number of para-hydroxylation sites is 3. The van der Waals surface area contributed by atoms with Gasteiger partial charge in [-0.15, -0.1) is 0 Å². The van der Waals surface area contributed by atoms with E-state index in [0.29, 0.717) is 0 Å². The molecule has 10 rings (SSSR count). The maximum Gasteiger partial charge on any atom is 0.0561 e. The van der Waals surface area contributed by atoms with Crippen LogP contribution >= 0.6 is 0 Å². The van der Waals surface area contributed by atoms with E-state index in [-0.39, 0.29) is 0 Å². The largest absolute Gasteiger partial charge is 0.310 e. The molecule has 0 N–H and O–H groups in total. The summed E-state index contributed by atoms with van der Waals surface area (Å²) in [6, 6.07) is 61.9. The first-order valence-corrected chi connectivity index (χ1v) is 15.9. The van der Waals surface area contributed by atoms with Crippen LogP contribution < -0.4 is 4.90 Å².